The van der Waals surface area contributed by atoms with Gasteiger partial charge in [0.1, 0.15) is 12.2 Å². The molecule has 3 rings (SSSR count). The van der Waals surface area contributed by atoms with E-state index in [1.807, 2.05) is 4.40 Å². The number of nitrogens with zero attached hydrogens (tertiary/aromatic N) is 2. The Morgan fingerprint density at radius 1 is 1.35 bits per heavy atom. The first-order valence-corrected chi connectivity index (χ1v) is 5.93. The van der Waals surface area contributed by atoms with Gasteiger partial charge in [-0.05, 0) is 42.9 Å². The van der Waals surface area contributed by atoms with Crippen molar-refractivity contribution >= 4 is 11.5 Å². The summed E-state index contributed by atoms with van der Waals surface area (Å²) in [6.45, 7) is 0. The van der Waals surface area contributed by atoms with Gasteiger partial charge in [-0.3, -0.25) is 4.79 Å². The molecule has 0 saturated carbocycles. The molecule has 0 aromatic carbocycles. The molecule has 88 valence electrons. The normalized spacial score (nSPS) is 14.8. The second-order valence-corrected chi connectivity index (χ2v) is 4.57. The molecule has 0 unspecified atom stereocenters. The molecule has 0 radical (unpaired) electrons. The van der Waals surface area contributed by atoms with Crippen LogP contribution >= 0.6 is 0 Å². The number of aryl methyl sites for hydroxylation is 2. The van der Waals surface area contributed by atoms with Crippen molar-refractivity contribution in [1.29, 1.82) is 0 Å². The summed E-state index contributed by atoms with van der Waals surface area (Å²) in [5, 5.41) is 8.83. The van der Waals surface area contributed by atoms with Crippen LogP contribution in [0.5, 0.6) is 0 Å². The van der Waals surface area contributed by atoms with E-state index in [1.54, 1.807) is 6.20 Å². The van der Waals surface area contributed by atoms with Gasteiger partial charge in [-0.2, -0.15) is 0 Å². The van der Waals surface area contributed by atoms with Crippen LogP contribution in [0.3, 0.4) is 0 Å². The first-order chi connectivity index (χ1) is 8.24. The van der Waals surface area contributed by atoms with Gasteiger partial charge in [0.2, 0.25) is 0 Å². The van der Waals surface area contributed by atoms with Crippen LogP contribution in [0, 0.1) is 0 Å². The highest BCUT2D eigenvalue weighted by Crippen LogP contribution is 2.23. The molecule has 0 spiro atoms. The first-order valence-electron chi connectivity index (χ1n) is 5.93. The summed E-state index contributed by atoms with van der Waals surface area (Å²) >= 11 is 0. The second-order valence-electron chi connectivity index (χ2n) is 4.57. The van der Waals surface area contributed by atoms with Crippen molar-refractivity contribution in [1.82, 2.24) is 9.38 Å². The first kappa shape index (κ1) is 10.3. The molecule has 17 heavy (non-hydrogen) atoms. The summed E-state index contributed by atoms with van der Waals surface area (Å²) in [4.78, 5) is 14.9. The number of hydrogen-bond acceptors (Lipinski definition) is 2. The van der Waals surface area contributed by atoms with Crippen molar-refractivity contribution < 1.29 is 9.90 Å². The number of aliphatic carboxylic acids is 1. The third-order valence-electron chi connectivity index (χ3n) is 3.37. The number of rotatable bonds is 2. The zero-order valence-corrected chi connectivity index (χ0v) is 9.52. The van der Waals surface area contributed by atoms with E-state index in [1.165, 1.54) is 24.0 Å². The highest BCUT2D eigenvalue weighted by Gasteiger charge is 2.13. The molecule has 4 nitrogen and oxygen atoms in total. The molecule has 0 aliphatic heterocycles. The van der Waals surface area contributed by atoms with E-state index in [9.17, 15) is 4.79 Å². The molecule has 0 fully saturated rings. The van der Waals surface area contributed by atoms with Crippen molar-refractivity contribution in [3.8, 4) is 0 Å². The Morgan fingerprint density at radius 3 is 2.88 bits per heavy atom. The number of carboxylic acids is 1. The molecule has 2 heterocycles. The van der Waals surface area contributed by atoms with Gasteiger partial charge in [-0.15, -0.1) is 0 Å². The van der Waals surface area contributed by atoms with Gasteiger partial charge in [0, 0.05) is 6.20 Å². The lowest BCUT2D eigenvalue weighted by atomic mass is 9.93. The van der Waals surface area contributed by atoms with E-state index in [-0.39, 0.29) is 6.42 Å². The summed E-state index contributed by atoms with van der Waals surface area (Å²) in [6.07, 6.45) is 8.50. The SMILES string of the molecule is O=C(O)Cc1ncc2cc3c(cn12)CCCC3. The van der Waals surface area contributed by atoms with Gasteiger partial charge in [0.05, 0.1) is 11.7 Å². The number of hydrogen-bond donors (Lipinski definition) is 1. The zero-order chi connectivity index (χ0) is 11.8. The Kier molecular flexibility index (Phi) is 2.35. The topological polar surface area (TPSA) is 54.6 Å². The van der Waals surface area contributed by atoms with Gasteiger partial charge >= 0.3 is 5.97 Å². The molecule has 0 bridgehead atoms. The van der Waals surface area contributed by atoms with Crippen molar-refractivity contribution in [3.05, 3.63) is 35.4 Å². The Bertz CT molecular complexity index is 586. The van der Waals surface area contributed by atoms with E-state index in [2.05, 4.69) is 17.2 Å². The van der Waals surface area contributed by atoms with Crippen molar-refractivity contribution in [2.75, 3.05) is 0 Å². The molecule has 0 amide bonds. The van der Waals surface area contributed by atoms with E-state index < -0.39 is 5.97 Å². The Morgan fingerprint density at radius 2 is 2.12 bits per heavy atom. The molecule has 2 aromatic heterocycles. The summed E-state index contributed by atoms with van der Waals surface area (Å²) in [5.41, 5.74) is 3.74. The smallest absolute Gasteiger partial charge is 0.311 e. The quantitative estimate of drug-likeness (QED) is 0.856. The number of pyridine rings is 1. The van der Waals surface area contributed by atoms with Crippen LogP contribution in [-0.4, -0.2) is 20.5 Å². The van der Waals surface area contributed by atoms with E-state index in [0.29, 0.717) is 5.82 Å². The largest absolute Gasteiger partial charge is 0.481 e. The fourth-order valence-electron chi connectivity index (χ4n) is 2.53. The molecule has 1 aliphatic carbocycles. The fraction of sp³-hybridized carbons (Fsp3) is 0.385. The number of aromatic nitrogens is 2. The van der Waals surface area contributed by atoms with Crippen LogP contribution in [0.1, 0.15) is 29.8 Å². The van der Waals surface area contributed by atoms with Gasteiger partial charge in [-0.1, -0.05) is 0 Å². The van der Waals surface area contributed by atoms with Crippen molar-refractivity contribution in [3.63, 3.8) is 0 Å². The van der Waals surface area contributed by atoms with E-state index in [4.69, 9.17) is 5.11 Å². The van der Waals surface area contributed by atoms with Crippen LogP contribution in [0.4, 0.5) is 0 Å². The lowest BCUT2D eigenvalue weighted by molar-refractivity contribution is -0.136. The zero-order valence-electron chi connectivity index (χ0n) is 9.52. The lowest BCUT2D eigenvalue weighted by Crippen LogP contribution is -2.08. The minimum Gasteiger partial charge on any atom is -0.481 e. The molecule has 1 aliphatic rings. The molecular weight excluding hydrogens is 216 g/mol. The molecule has 0 atom stereocenters. The summed E-state index contributed by atoms with van der Waals surface area (Å²) in [7, 11) is 0. The summed E-state index contributed by atoms with van der Waals surface area (Å²) in [6, 6.07) is 2.15. The lowest BCUT2D eigenvalue weighted by Gasteiger charge is -2.16. The van der Waals surface area contributed by atoms with Gasteiger partial charge in [0.15, 0.2) is 0 Å². The van der Waals surface area contributed by atoms with Gasteiger partial charge in [-0.25, -0.2) is 4.98 Å². The maximum absolute atomic E-state index is 10.7. The van der Waals surface area contributed by atoms with Crippen molar-refractivity contribution in [2.24, 2.45) is 0 Å². The average molecular weight is 230 g/mol. The standard InChI is InChI=1S/C13H14N2O2/c16-13(17)6-12-14-7-11-5-9-3-1-2-4-10(9)8-15(11)12/h5,7-8H,1-4,6H2,(H,16,17). The highest BCUT2D eigenvalue weighted by atomic mass is 16.4. The number of carbonyl (C=O) groups is 1. The minimum atomic E-state index is -0.838. The molecule has 2 aromatic rings. The molecule has 0 saturated heterocycles. The molecule has 4 heteroatoms. The predicted molar refractivity (Wildman–Crippen MR) is 63.2 cm³/mol. The summed E-state index contributed by atoms with van der Waals surface area (Å²) < 4.78 is 1.91. The Labute approximate surface area is 98.9 Å². The van der Waals surface area contributed by atoms with Crippen LogP contribution in [0.2, 0.25) is 0 Å². The number of imidazole rings is 1. The second kappa shape index (κ2) is 3.87. The van der Waals surface area contributed by atoms with Crippen LogP contribution in [0.15, 0.2) is 18.5 Å². The Balaban J connectivity index is 2.12. The van der Waals surface area contributed by atoms with Gasteiger partial charge in [0.25, 0.3) is 0 Å². The van der Waals surface area contributed by atoms with Crippen LogP contribution < -0.4 is 0 Å². The third kappa shape index (κ3) is 1.79. The number of carboxylic acid groups (broad SMARTS) is 1. The third-order valence-corrected chi connectivity index (χ3v) is 3.37. The van der Waals surface area contributed by atoms with Crippen molar-refractivity contribution in [2.45, 2.75) is 32.1 Å². The molecule has 1 N–H and O–H groups in total. The maximum atomic E-state index is 10.7. The highest BCUT2D eigenvalue weighted by molar-refractivity contribution is 5.69. The van der Waals surface area contributed by atoms with E-state index >= 15 is 0 Å². The molecular formula is C13H14N2O2. The van der Waals surface area contributed by atoms with Gasteiger partial charge < -0.3 is 9.51 Å². The average Bonchev–Trinajstić information content (AvgIpc) is 2.68. The summed E-state index contributed by atoms with van der Waals surface area (Å²) in [5.74, 6) is -0.226. The fourth-order valence-corrected chi connectivity index (χ4v) is 2.53. The van der Waals surface area contributed by atoms with Crippen LogP contribution in [-0.2, 0) is 24.1 Å². The minimum absolute atomic E-state index is 0.0209. The number of fused-ring (bicyclic) bond motifs is 2. The predicted octanol–water partition coefficient (Wildman–Crippen LogP) is 1.84. The van der Waals surface area contributed by atoms with E-state index in [0.717, 1.165) is 18.4 Å². The Hall–Kier alpha value is -1.84. The van der Waals surface area contributed by atoms with Crippen LogP contribution in [0.25, 0.3) is 5.52 Å². The monoisotopic (exact) mass is 230 g/mol. The maximum Gasteiger partial charge on any atom is 0.311 e.